The van der Waals surface area contributed by atoms with E-state index in [2.05, 4.69) is 4.98 Å². The molecule has 3 rings (SSSR count). The van der Waals surface area contributed by atoms with Gasteiger partial charge in [-0.15, -0.1) is 0 Å². The molecule has 104 valence electrons. The summed E-state index contributed by atoms with van der Waals surface area (Å²) < 4.78 is 0. The molecule has 0 aliphatic carbocycles. The van der Waals surface area contributed by atoms with E-state index >= 15 is 0 Å². The topological polar surface area (TPSA) is 30.0 Å². The summed E-state index contributed by atoms with van der Waals surface area (Å²) in [5.41, 5.74) is 4.10. The van der Waals surface area contributed by atoms with Crippen LogP contribution >= 0.6 is 11.6 Å². The van der Waals surface area contributed by atoms with Crippen LogP contribution in [0.3, 0.4) is 0 Å². The molecule has 1 heterocycles. The number of pyridine rings is 1. The third-order valence-corrected chi connectivity index (χ3v) is 3.76. The minimum atomic E-state index is 0.00615. The molecule has 0 aliphatic heterocycles. The van der Waals surface area contributed by atoms with Gasteiger partial charge in [-0.3, -0.25) is 9.78 Å². The number of benzene rings is 2. The van der Waals surface area contributed by atoms with Crippen molar-refractivity contribution in [2.24, 2.45) is 0 Å². The number of nitrogens with zero attached hydrogens (tertiary/aromatic N) is 1. The fourth-order valence-electron chi connectivity index (χ4n) is 2.41. The van der Waals surface area contributed by atoms with Gasteiger partial charge in [-0.05, 0) is 61.9 Å². The summed E-state index contributed by atoms with van der Waals surface area (Å²) in [6, 6.07) is 14.9. The first-order valence-corrected chi connectivity index (χ1v) is 7.11. The fourth-order valence-corrected chi connectivity index (χ4v) is 2.63. The van der Waals surface area contributed by atoms with E-state index < -0.39 is 0 Å². The third-order valence-electron chi connectivity index (χ3n) is 3.52. The van der Waals surface area contributed by atoms with Crippen LogP contribution in [0.1, 0.15) is 27.2 Å². The average Bonchev–Trinajstić information content (AvgIpc) is 2.46. The number of fused-ring (bicyclic) bond motifs is 1. The second kappa shape index (κ2) is 5.30. The Morgan fingerprint density at radius 1 is 1.00 bits per heavy atom. The lowest BCUT2D eigenvalue weighted by Gasteiger charge is -2.07. The van der Waals surface area contributed by atoms with Gasteiger partial charge in [0.2, 0.25) is 0 Å². The second-order valence-electron chi connectivity index (χ2n) is 5.15. The largest absolute Gasteiger partial charge is 0.289 e. The predicted octanol–water partition coefficient (Wildman–Crippen LogP) is 4.74. The van der Waals surface area contributed by atoms with Gasteiger partial charge < -0.3 is 0 Å². The van der Waals surface area contributed by atoms with E-state index in [1.165, 1.54) is 0 Å². The lowest BCUT2D eigenvalue weighted by molar-refractivity contribution is 0.103. The zero-order valence-corrected chi connectivity index (χ0v) is 12.6. The predicted molar refractivity (Wildman–Crippen MR) is 86.1 cm³/mol. The Morgan fingerprint density at radius 2 is 1.81 bits per heavy atom. The zero-order valence-electron chi connectivity index (χ0n) is 11.9. The molecule has 0 saturated heterocycles. The van der Waals surface area contributed by atoms with Crippen molar-refractivity contribution in [2.75, 3.05) is 0 Å². The van der Waals surface area contributed by atoms with E-state index in [0.717, 1.165) is 22.2 Å². The maximum atomic E-state index is 12.6. The second-order valence-corrected chi connectivity index (χ2v) is 5.58. The van der Waals surface area contributed by atoms with Gasteiger partial charge in [0, 0.05) is 27.2 Å². The Labute approximate surface area is 128 Å². The quantitative estimate of drug-likeness (QED) is 0.639. The van der Waals surface area contributed by atoms with Gasteiger partial charge in [0.05, 0.1) is 5.52 Å². The number of carbonyl (C=O) groups is 1. The van der Waals surface area contributed by atoms with Crippen molar-refractivity contribution in [1.82, 2.24) is 4.98 Å². The number of rotatable bonds is 2. The minimum absolute atomic E-state index is 0.00615. The number of aromatic nitrogens is 1. The normalized spacial score (nSPS) is 10.8. The van der Waals surface area contributed by atoms with E-state index in [-0.39, 0.29) is 5.78 Å². The van der Waals surface area contributed by atoms with Crippen molar-refractivity contribution in [3.05, 3.63) is 75.9 Å². The molecule has 3 heteroatoms. The first kappa shape index (κ1) is 13.8. The van der Waals surface area contributed by atoms with Crippen LogP contribution in [-0.2, 0) is 0 Å². The van der Waals surface area contributed by atoms with Crippen LogP contribution in [0, 0.1) is 13.8 Å². The standard InChI is InChI=1S/C18H14ClNO/c1-11-9-15(19)6-7-16(11)18(21)14-5-8-17-13(10-14)4-3-12(2)20-17/h3-10H,1-2H3. The molecule has 0 atom stereocenters. The van der Waals surface area contributed by atoms with Crippen LogP contribution < -0.4 is 0 Å². The van der Waals surface area contributed by atoms with Crippen molar-refractivity contribution < 1.29 is 4.79 Å². The molecule has 0 fully saturated rings. The average molecular weight is 296 g/mol. The van der Waals surface area contributed by atoms with Gasteiger partial charge >= 0.3 is 0 Å². The minimum Gasteiger partial charge on any atom is -0.289 e. The molecule has 0 radical (unpaired) electrons. The molecule has 2 nitrogen and oxygen atoms in total. The SMILES string of the molecule is Cc1ccc2cc(C(=O)c3ccc(Cl)cc3C)ccc2n1. The molecule has 2 aromatic carbocycles. The monoisotopic (exact) mass is 295 g/mol. The Balaban J connectivity index is 2.07. The molecule has 1 aromatic heterocycles. The number of ketones is 1. The molecule has 0 N–H and O–H groups in total. The van der Waals surface area contributed by atoms with Crippen LogP contribution in [0.15, 0.2) is 48.5 Å². The third kappa shape index (κ3) is 2.67. The van der Waals surface area contributed by atoms with Crippen LogP contribution in [0.5, 0.6) is 0 Å². The van der Waals surface area contributed by atoms with E-state index in [1.807, 2.05) is 44.2 Å². The van der Waals surface area contributed by atoms with Crippen LogP contribution in [0.25, 0.3) is 10.9 Å². The molecule has 0 unspecified atom stereocenters. The summed E-state index contributed by atoms with van der Waals surface area (Å²) >= 11 is 5.94. The summed E-state index contributed by atoms with van der Waals surface area (Å²) in [5, 5.41) is 1.61. The summed E-state index contributed by atoms with van der Waals surface area (Å²) in [6.45, 7) is 3.85. The molecule has 0 amide bonds. The Morgan fingerprint density at radius 3 is 2.57 bits per heavy atom. The highest BCUT2D eigenvalue weighted by Gasteiger charge is 2.12. The van der Waals surface area contributed by atoms with Crippen molar-refractivity contribution in [3.63, 3.8) is 0 Å². The molecule has 21 heavy (non-hydrogen) atoms. The van der Waals surface area contributed by atoms with Crippen molar-refractivity contribution in [2.45, 2.75) is 13.8 Å². The molecule has 3 aromatic rings. The van der Waals surface area contributed by atoms with Gasteiger partial charge in [-0.2, -0.15) is 0 Å². The molecule has 0 aliphatic rings. The Hall–Kier alpha value is -2.19. The van der Waals surface area contributed by atoms with Gasteiger partial charge in [0.1, 0.15) is 0 Å². The van der Waals surface area contributed by atoms with Crippen LogP contribution in [-0.4, -0.2) is 10.8 Å². The van der Waals surface area contributed by atoms with Crippen molar-refractivity contribution in [3.8, 4) is 0 Å². The van der Waals surface area contributed by atoms with E-state index in [9.17, 15) is 4.79 Å². The first-order valence-electron chi connectivity index (χ1n) is 6.73. The van der Waals surface area contributed by atoms with Gasteiger partial charge in [0.15, 0.2) is 5.78 Å². The molecule has 0 saturated carbocycles. The van der Waals surface area contributed by atoms with Crippen molar-refractivity contribution in [1.29, 1.82) is 0 Å². The van der Waals surface area contributed by atoms with E-state index in [4.69, 9.17) is 11.6 Å². The van der Waals surface area contributed by atoms with E-state index in [1.54, 1.807) is 18.2 Å². The van der Waals surface area contributed by atoms with Crippen LogP contribution in [0.2, 0.25) is 5.02 Å². The lowest BCUT2D eigenvalue weighted by Crippen LogP contribution is -2.03. The van der Waals surface area contributed by atoms with Gasteiger partial charge in [-0.25, -0.2) is 0 Å². The molecule has 0 spiro atoms. The maximum Gasteiger partial charge on any atom is 0.193 e. The number of hydrogen-bond donors (Lipinski definition) is 0. The summed E-state index contributed by atoms with van der Waals surface area (Å²) in [4.78, 5) is 17.1. The number of halogens is 1. The number of aryl methyl sites for hydroxylation is 2. The van der Waals surface area contributed by atoms with Gasteiger partial charge in [0.25, 0.3) is 0 Å². The number of hydrogen-bond acceptors (Lipinski definition) is 2. The van der Waals surface area contributed by atoms with Crippen LogP contribution in [0.4, 0.5) is 0 Å². The summed E-state index contributed by atoms with van der Waals surface area (Å²) in [5.74, 6) is 0.00615. The first-order chi connectivity index (χ1) is 10.0. The Bertz CT molecular complexity index is 855. The smallest absolute Gasteiger partial charge is 0.193 e. The summed E-state index contributed by atoms with van der Waals surface area (Å²) in [7, 11) is 0. The summed E-state index contributed by atoms with van der Waals surface area (Å²) in [6.07, 6.45) is 0. The molecular formula is C18H14ClNO. The molecule has 0 bridgehead atoms. The maximum absolute atomic E-state index is 12.6. The lowest BCUT2D eigenvalue weighted by atomic mass is 9.98. The highest BCUT2D eigenvalue weighted by atomic mass is 35.5. The zero-order chi connectivity index (χ0) is 15.0. The highest BCUT2D eigenvalue weighted by molar-refractivity contribution is 6.30. The fraction of sp³-hybridized carbons (Fsp3) is 0.111. The van der Waals surface area contributed by atoms with E-state index in [0.29, 0.717) is 16.1 Å². The molecular weight excluding hydrogens is 282 g/mol. The Kier molecular flexibility index (Phi) is 3.48. The highest BCUT2D eigenvalue weighted by Crippen LogP contribution is 2.21. The van der Waals surface area contributed by atoms with Crippen molar-refractivity contribution >= 4 is 28.3 Å². The number of carbonyl (C=O) groups excluding carboxylic acids is 1. The van der Waals surface area contributed by atoms with Gasteiger partial charge in [-0.1, -0.05) is 17.7 Å².